The van der Waals surface area contributed by atoms with E-state index in [1.807, 2.05) is 18.2 Å². The van der Waals surface area contributed by atoms with Crippen molar-refractivity contribution in [2.75, 3.05) is 24.6 Å². The number of aromatic nitrogens is 1. The number of anilines is 1. The third kappa shape index (κ3) is 4.67. The van der Waals surface area contributed by atoms with E-state index in [9.17, 15) is 14.9 Å². The summed E-state index contributed by atoms with van der Waals surface area (Å²) in [5.74, 6) is -2.07. The molecule has 0 bridgehead atoms. The zero-order valence-electron chi connectivity index (χ0n) is 15.1. The summed E-state index contributed by atoms with van der Waals surface area (Å²) in [5.41, 5.74) is 2.14. The molecule has 1 heterocycles. The third-order valence-corrected chi connectivity index (χ3v) is 4.94. The molecular formula is C19H21N3O3S. The number of hydrogen-bond acceptors (Lipinski definition) is 7. The highest BCUT2D eigenvalue weighted by Crippen LogP contribution is 2.21. The number of hydrogen-bond donors (Lipinski definition) is 0. The molecule has 1 atom stereocenters. The monoisotopic (exact) mass is 371 g/mol. The average Bonchev–Trinajstić information content (AvgIpc) is 3.08. The lowest BCUT2D eigenvalue weighted by Crippen LogP contribution is -2.22. The maximum atomic E-state index is 12.2. The molecule has 0 aliphatic heterocycles. The second-order valence-electron chi connectivity index (χ2n) is 5.65. The van der Waals surface area contributed by atoms with Gasteiger partial charge in [0.25, 0.3) is 0 Å². The van der Waals surface area contributed by atoms with E-state index >= 15 is 0 Å². The van der Waals surface area contributed by atoms with Crippen molar-refractivity contribution in [3.8, 4) is 6.07 Å². The molecule has 136 valence electrons. The normalized spacial score (nSPS) is 11.5. The van der Waals surface area contributed by atoms with E-state index in [4.69, 9.17) is 4.74 Å². The largest absolute Gasteiger partial charge is 0.454 e. The van der Waals surface area contributed by atoms with E-state index in [0.29, 0.717) is 10.6 Å². The van der Waals surface area contributed by atoms with Gasteiger partial charge in [-0.25, -0.2) is 9.78 Å². The first-order valence-corrected chi connectivity index (χ1v) is 9.24. The van der Waals surface area contributed by atoms with Gasteiger partial charge in [0.1, 0.15) is 5.01 Å². The molecule has 0 N–H and O–H groups in total. The zero-order chi connectivity index (χ0) is 19.1. The van der Waals surface area contributed by atoms with Gasteiger partial charge in [-0.05, 0) is 45.0 Å². The fourth-order valence-electron chi connectivity index (χ4n) is 2.47. The van der Waals surface area contributed by atoms with Crippen LogP contribution in [0.1, 0.15) is 40.8 Å². The molecule has 0 aliphatic carbocycles. The van der Waals surface area contributed by atoms with Crippen LogP contribution in [-0.4, -0.2) is 36.4 Å². The quantitative estimate of drug-likeness (QED) is 0.662. The Morgan fingerprint density at radius 2 is 1.92 bits per heavy atom. The predicted octanol–water partition coefficient (Wildman–Crippen LogP) is 3.33. The lowest BCUT2D eigenvalue weighted by Gasteiger charge is -2.20. The molecular weight excluding hydrogens is 350 g/mol. The van der Waals surface area contributed by atoms with Crippen LogP contribution in [0, 0.1) is 18.3 Å². The van der Waals surface area contributed by atoms with Crippen LogP contribution in [0.2, 0.25) is 0 Å². The van der Waals surface area contributed by atoms with Crippen molar-refractivity contribution in [1.82, 2.24) is 4.98 Å². The molecule has 0 spiro atoms. The molecule has 26 heavy (non-hydrogen) atoms. The Kier molecular flexibility index (Phi) is 6.87. The van der Waals surface area contributed by atoms with Crippen LogP contribution in [-0.2, 0) is 9.53 Å². The van der Waals surface area contributed by atoms with Crippen LogP contribution in [0.4, 0.5) is 5.69 Å². The predicted molar refractivity (Wildman–Crippen MR) is 100 cm³/mol. The van der Waals surface area contributed by atoms with Crippen LogP contribution >= 0.6 is 11.3 Å². The first-order valence-electron chi connectivity index (χ1n) is 8.36. The molecule has 0 aliphatic rings. The highest BCUT2D eigenvalue weighted by atomic mass is 32.1. The second-order valence-corrected chi connectivity index (χ2v) is 6.54. The highest BCUT2D eigenvalue weighted by molar-refractivity contribution is 7.09. The summed E-state index contributed by atoms with van der Waals surface area (Å²) >= 11 is 1.25. The summed E-state index contributed by atoms with van der Waals surface area (Å²) in [5, 5.41) is 11.4. The van der Waals surface area contributed by atoms with E-state index < -0.39 is 24.3 Å². The number of nitriles is 1. The fraction of sp³-hybridized carbons (Fsp3) is 0.368. The molecule has 2 rings (SSSR count). The topological polar surface area (TPSA) is 83.3 Å². The van der Waals surface area contributed by atoms with Gasteiger partial charge >= 0.3 is 5.97 Å². The summed E-state index contributed by atoms with van der Waals surface area (Å²) in [6, 6.07) is 8.97. The molecule has 7 heteroatoms. The highest BCUT2D eigenvalue weighted by Gasteiger charge is 2.24. The van der Waals surface area contributed by atoms with E-state index in [-0.39, 0.29) is 0 Å². The maximum absolute atomic E-state index is 12.2. The van der Waals surface area contributed by atoms with Gasteiger partial charge in [0.05, 0.1) is 11.6 Å². The number of esters is 1. The Morgan fingerprint density at radius 1 is 1.27 bits per heavy atom. The van der Waals surface area contributed by atoms with Crippen molar-refractivity contribution < 1.29 is 14.3 Å². The minimum Gasteiger partial charge on any atom is -0.454 e. The number of thiazole rings is 1. The smallest absolute Gasteiger partial charge is 0.338 e. The van der Waals surface area contributed by atoms with Crippen molar-refractivity contribution in [3.05, 3.63) is 45.9 Å². The Hall–Kier alpha value is -2.72. The SMILES string of the molecule is CCN(CC)c1ccc(C(=O)OCC(=O)[C@H](C#N)c2nc(C)cs2)cc1. The van der Waals surface area contributed by atoms with Crippen LogP contribution < -0.4 is 4.90 Å². The lowest BCUT2D eigenvalue weighted by atomic mass is 10.1. The Bertz CT molecular complexity index is 804. The molecule has 6 nitrogen and oxygen atoms in total. The maximum Gasteiger partial charge on any atom is 0.338 e. The first kappa shape index (κ1) is 19.6. The number of Topliss-reactive ketones (excluding diaryl/α,β-unsaturated/α-hetero) is 1. The van der Waals surface area contributed by atoms with Gasteiger partial charge in [-0.3, -0.25) is 4.79 Å². The number of benzene rings is 1. The van der Waals surface area contributed by atoms with Crippen molar-refractivity contribution in [3.63, 3.8) is 0 Å². The van der Waals surface area contributed by atoms with Crippen molar-refractivity contribution in [2.24, 2.45) is 0 Å². The fourth-order valence-corrected chi connectivity index (χ4v) is 3.33. The van der Waals surface area contributed by atoms with E-state index in [1.165, 1.54) is 11.3 Å². The Labute approximate surface area is 157 Å². The second kappa shape index (κ2) is 9.11. The number of aryl methyl sites for hydroxylation is 1. The molecule has 0 amide bonds. The van der Waals surface area contributed by atoms with Crippen LogP contribution in [0.5, 0.6) is 0 Å². The van der Waals surface area contributed by atoms with Gasteiger partial charge in [-0.1, -0.05) is 0 Å². The number of nitrogens with zero attached hydrogens (tertiary/aromatic N) is 3. The first-order chi connectivity index (χ1) is 12.5. The van der Waals surface area contributed by atoms with E-state index in [2.05, 4.69) is 23.7 Å². The van der Waals surface area contributed by atoms with Crippen LogP contribution in [0.3, 0.4) is 0 Å². The summed E-state index contributed by atoms with van der Waals surface area (Å²) in [6.07, 6.45) is 0. The average molecular weight is 371 g/mol. The van der Waals surface area contributed by atoms with Gasteiger partial charge in [0.15, 0.2) is 18.3 Å². The number of ketones is 1. The Balaban J connectivity index is 1.97. The molecule has 0 unspecified atom stereocenters. The van der Waals surface area contributed by atoms with Gasteiger partial charge < -0.3 is 9.64 Å². The molecule has 0 fully saturated rings. The van der Waals surface area contributed by atoms with Crippen LogP contribution in [0.15, 0.2) is 29.6 Å². The molecule has 0 radical (unpaired) electrons. The van der Waals surface area contributed by atoms with Gasteiger partial charge in [0.2, 0.25) is 0 Å². The van der Waals surface area contributed by atoms with Crippen molar-refractivity contribution >= 4 is 28.8 Å². The lowest BCUT2D eigenvalue weighted by molar-refractivity contribution is -0.122. The summed E-state index contributed by atoms with van der Waals surface area (Å²) in [6.45, 7) is 7.22. The van der Waals surface area contributed by atoms with E-state index in [0.717, 1.165) is 24.5 Å². The van der Waals surface area contributed by atoms with Crippen LogP contribution in [0.25, 0.3) is 0 Å². The number of ether oxygens (including phenoxy) is 1. The van der Waals surface area contributed by atoms with Crippen molar-refractivity contribution in [2.45, 2.75) is 26.7 Å². The molecule has 1 aromatic heterocycles. The summed E-state index contributed by atoms with van der Waals surface area (Å²) < 4.78 is 5.08. The van der Waals surface area contributed by atoms with Gasteiger partial charge in [0, 0.05) is 29.9 Å². The van der Waals surface area contributed by atoms with Gasteiger partial charge in [-0.15, -0.1) is 11.3 Å². The molecule has 1 aromatic carbocycles. The Morgan fingerprint density at radius 3 is 2.42 bits per heavy atom. The molecule has 0 saturated carbocycles. The standard InChI is InChI=1S/C19H21N3O3S/c1-4-22(5-2)15-8-6-14(7-9-15)19(24)25-11-17(23)16(10-20)18-21-13(3)12-26-18/h6-9,12,16H,4-5,11H2,1-3H3/t16-/m0/s1. The molecule has 0 saturated heterocycles. The van der Waals surface area contributed by atoms with Crippen molar-refractivity contribution in [1.29, 1.82) is 5.26 Å². The summed E-state index contributed by atoms with van der Waals surface area (Å²) in [4.78, 5) is 30.7. The van der Waals surface area contributed by atoms with E-state index in [1.54, 1.807) is 24.4 Å². The number of rotatable bonds is 8. The third-order valence-electron chi connectivity index (χ3n) is 3.91. The zero-order valence-corrected chi connectivity index (χ0v) is 15.9. The number of carbonyl (C=O) groups is 2. The summed E-state index contributed by atoms with van der Waals surface area (Å²) in [7, 11) is 0. The minimum atomic E-state index is -1.01. The molecule has 2 aromatic rings. The number of carbonyl (C=O) groups excluding carboxylic acids is 2. The van der Waals surface area contributed by atoms with Gasteiger partial charge in [-0.2, -0.15) is 5.26 Å². The minimum absolute atomic E-state index is 0.368.